The van der Waals surface area contributed by atoms with Gasteiger partial charge in [0, 0.05) is 20.0 Å². The number of hydrogen-bond acceptors (Lipinski definition) is 1. The Bertz CT molecular complexity index is 113. The zero-order valence-corrected chi connectivity index (χ0v) is 11.9. The van der Waals surface area contributed by atoms with E-state index in [1.807, 2.05) is 34.7 Å². The van der Waals surface area contributed by atoms with Crippen molar-refractivity contribution in [3.8, 4) is 0 Å². The molecule has 0 saturated carbocycles. The second-order valence-corrected chi connectivity index (χ2v) is 2.98. The molecule has 1 heterocycles. The minimum atomic E-state index is 0.302. The van der Waals surface area contributed by atoms with Gasteiger partial charge in [-0.05, 0) is 12.8 Å². The van der Waals surface area contributed by atoms with Gasteiger partial charge in [-0.3, -0.25) is 4.79 Å². The van der Waals surface area contributed by atoms with E-state index in [4.69, 9.17) is 0 Å². The molecule has 1 aliphatic rings. The van der Waals surface area contributed by atoms with Gasteiger partial charge in [0.1, 0.15) is 0 Å². The monoisotopic (exact) mass is 217 g/mol. The van der Waals surface area contributed by atoms with Crippen molar-refractivity contribution in [1.29, 1.82) is 0 Å². The van der Waals surface area contributed by atoms with E-state index in [2.05, 4.69) is 13.8 Å². The first-order chi connectivity index (χ1) is 7.22. The number of nitrogens with zero attached hydrogens (tertiary/aromatic N) is 1. The minimum absolute atomic E-state index is 0.302. The first kappa shape index (κ1) is 20.0. The summed E-state index contributed by atoms with van der Waals surface area (Å²) in [7, 11) is 1.86. The summed E-state index contributed by atoms with van der Waals surface area (Å²) < 4.78 is 0. The summed E-state index contributed by atoms with van der Waals surface area (Å²) in [6, 6.07) is 0. The second-order valence-electron chi connectivity index (χ2n) is 2.98. The van der Waals surface area contributed by atoms with Gasteiger partial charge >= 0.3 is 0 Å². The van der Waals surface area contributed by atoms with Crippen molar-refractivity contribution in [2.24, 2.45) is 0 Å². The Morgan fingerprint density at radius 3 is 1.67 bits per heavy atom. The predicted molar refractivity (Wildman–Crippen MR) is 70.1 cm³/mol. The van der Waals surface area contributed by atoms with Gasteiger partial charge in [-0.1, -0.05) is 48.0 Å². The summed E-state index contributed by atoms with van der Waals surface area (Å²) in [5.41, 5.74) is 0. The Balaban J connectivity index is -0.000000176. The topological polar surface area (TPSA) is 20.3 Å². The molecule has 2 heteroatoms. The largest absolute Gasteiger partial charge is 0.346 e. The third-order valence-corrected chi connectivity index (χ3v) is 1.56. The zero-order chi connectivity index (χ0) is 12.7. The second kappa shape index (κ2) is 19.1. The zero-order valence-electron chi connectivity index (χ0n) is 11.9. The van der Waals surface area contributed by atoms with E-state index in [9.17, 15) is 4.79 Å². The lowest BCUT2D eigenvalue weighted by Gasteiger charge is -2.21. The molecule has 1 saturated heterocycles. The molecule has 0 aromatic carbocycles. The molecule has 1 fully saturated rings. The number of likely N-dealkylation sites (tertiary alicyclic amines) is 1. The van der Waals surface area contributed by atoms with Gasteiger partial charge in [-0.25, -0.2) is 0 Å². The van der Waals surface area contributed by atoms with E-state index in [-0.39, 0.29) is 0 Å². The summed E-state index contributed by atoms with van der Waals surface area (Å²) in [5, 5.41) is 0. The van der Waals surface area contributed by atoms with E-state index in [1.54, 1.807) is 4.90 Å². The van der Waals surface area contributed by atoms with Gasteiger partial charge in [-0.15, -0.1) is 0 Å². The van der Waals surface area contributed by atoms with Crippen molar-refractivity contribution in [3.63, 3.8) is 0 Å². The maximum Gasteiger partial charge on any atom is 0.222 e. The Hall–Kier alpha value is -0.530. The maximum absolute atomic E-state index is 10.7. The molecule has 2 nitrogen and oxygen atoms in total. The van der Waals surface area contributed by atoms with Crippen LogP contribution in [0.15, 0.2) is 0 Å². The highest BCUT2D eigenvalue weighted by molar-refractivity contribution is 5.76. The standard InChI is InChI=1S/C6H11NO.C3H8.2C2H6/c1-7-5-3-2-4-6(7)8;1-3-2;2*1-2/h2-5H2,1H3;3H2,1-2H3;2*1-2H3. The summed E-state index contributed by atoms with van der Waals surface area (Å²) >= 11 is 0. The van der Waals surface area contributed by atoms with E-state index in [1.165, 1.54) is 12.8 Å². The Morgan fingerprint density at radius 2 is 1.47 bits per heavy atom. The van der Waals surface area contributed by atoms with Gasteiger partial charge < -0.3 is 4.90 Å². The highest BCUT2D eigenvalue weighted by Gasteiger charge is 2.12. The first-order valence-electron chi connectivity index (χ1n) is 6.46. The van der Waals surface area contributed by atoms with Crippen LogP contribution in [0, 0.1) is 0 Å². The van der Waals surface area contributed by atoms with Crippen LogP contribution < -0.4 is 0 Å². The van der Waals surface area contributed by atoms with Crippen LogP contribution in [0.2, 0.25) is 0 Å². The SMILES string of the molecule is CC.CC.CCC.CN1CCCCC1=O. The predicted octanol–water partition coefficient (Wildman–Crippen LogP) is 4.10. The Morgan fingerprint density at radius 1 is 1.07 bits per heavy atom. The Kier molecular flexibility index (Phi) is 25.4. The van der Waals surface area contributed by atoms with Crippen LogP contribution >= 0.6 is 0 Å². The summed E-state index contributed by atoms with van der Waals surface area (Å²) in [4.78, 5) is 12.5. The summed E-state index contributed by atoms with van der Waals surface area (Å²) in [6.45, 7) is 13.2. The van der Waals surface area contributed by atoms with E-state index < -0.39 is 0 Å². The molecular weight excluding hydrogens is 186 g/mol. The number of carbonyl (C=O) groups is 1. The molecule has 0 radical (unpaired) electrons. The van der Waals surface area contributed by atoms with Crippen molar-refractivity contribution >= 4 is 5.91 Å². The van der Waals surface area contributed by atoms with Gasteiger partial charge in [0.2, 0.25) is 5.91 Å². The molecule has 0 atom stereocenters. The lowest BCUT2D eigenvalue weighted by molar-refractivity contribution is -0.131. The highest BCUT2D eigenvalue weighted by Crippen LogP contribution is 2.06. The van der Waals surface area contributed by atoms with Crippen LogP contribution in [-0.4, -0.2) is 24.4 Å². The number of piperidine rings is 1. The fourth-order valence-corrected chi connectivity index (χ4v) is 0.941. The fraction of sp³-hybridized carbons (Fsp3) is 0.923. The highest BCUT2D eigenvalue weighted by atomic mass is 16.2. The van der Waals surface area contributed by atoms with Crippen molar-refractivity contribution in [2.45, 2.75) is 67.2 Å². The maximum atomic E-state index is 10.7. The quantitative estimate of drug-likeness (QED) is 0.598. The lowest BCUT2D eigenvalue weighted by Crippen LogP contribution is -2.31. The third kappa shape index (κ3) is 16.2. The average Bonchev–Trinajstić information content (AvgIpc) is 2.29. The van der Waals surface area contributed by atoms with Crippen LogP contribution in [0.1, 0.15) is 67.2 Å². The minimum Gasteiger partial charge on any atom is -0.346 e. The van der Waals surface area contributed by atoms with Gasteiger partial charge in [-0.2, -0.15) is 0 Å². The molecule has 15 heavy (non-hydrogen) atoms. The third-order valence-electron chi connectivity index (χ3n) is 1.56. The molecule has 1 rings (SSSR count). The van der Waals surface area contributed by atoms with Crippen LogP contribution in [-0.2, 0) is 4.79 Å². The molecule has 0 spiro atoms. The molecule has 1 aliphatic heterocycles. The van der Waals surface area contributed by atoms with Crippen molar-refractivity contribution in [2.75, 3.05) is 13.6 Å². The summed E-state index contributed by atoms with van der Waals surface area (Å²) in [5.74, 6) is 0.302. The van der Waals surface area contributed by atoms with Gasteiger partial charge in [0.15, 0.2) is 0 Å². The van der Waals surface area contributed by atoms with Crippen molar-refractivity contribution in [1.82, 2.24) is 4.90 Å². The smallest absolute Gasteiger partial charge is 0.222 e. The molecule has 0 N–H and O–H groups in total. The Labute approximate surface area is 97.1 Å². The van der Waals surface area contributed by atoms with Gasteiger partial charge in [0.05, 0.1) is 0 Å². The molecule has 94 valence electrons. The average molecular weight is 217 g/mol. The lowest BCUT2D eigenvalue weighted by atomic mass is 10.1. The number of carbonyl (C=O) groups excluding carboxylic acids is 1. The van der Waals surface area contributed by atoms with E-state index >= 15 is 0 Å². The molecule has 0 aromatic rings. The molecule has 1 amide bonds. The normalized spacial score (nSPS) is 13.5. The fourth-order valence-electron chi connectivity index (χ4n) is 0.941. The van der Waals surface area contributed by atoms with Gasteiger partial charge in [0.25, 0.3) is 0 Å². The van der Waals surface area contributed by atoms with Crippen LogP contribution in [0.5, 0.6) is 0 Å². The molecule has 0 aromatic heterocycles. The molecule has 0 bridgehead atoms. The molecular formula is C13H31NO. The van der Waals surface area contributed by atoms with Crippen LogP contribution in [0.25, 0.3) is 0 Å². The van der Waals surface area contributed by atoms with Crippen molar-refractivity contribution < 1.29 is 4.79 Å². The van der Waals surface area contributed by atoms with Crippen LogP contribution in [0.3, 0.4) is 0 Å². The number of amides is 1. The summed E-state index contributed by atoms with van der Waals surface area (Å²) in [6.07, 6.45) is 4.28. The first-order valence-corrected chi connectivity index (χ1v) is 6.46. The molecule has 0 aliphatic carbocycles. The molecule has 0 unspecified atom stereocenters. The number of rotatable bonds is 0. The van der Waals surface area contributed by atoms with E-state index in [0.717, 1.165) is 19.4 Å². The van der Waals surface area contributed by atoms with Crippen LogP contribution in [0.4, 0.5) is 0 Å². The van der Waals surface area contributed by atoms with E-state index in [0.29, 0.717) is 5.91 Å². The van der Waals surface area contributed by atoms with Crippen molar-refractivity contribution in [3.05, 3.63) is 0 Å². The number of hydrogen-bond donors (Lipinski definition) is 0.